The minimum Gasteiger partial charge on any atom is -0.493 e. The lowest BCUT2D eigenvalue weighted by Crippen LogP contribution is -2.09. The van der Waals surface area contributed by atoms with Gasteiger partial charge in [-0.2, -0.15) is 0 Å². The summed E-state index contributed by atoms with van der Waals surface area (Å²) in [5.41, 5.74) is 1.64. The number of nitrogens with zero attached hydrogens (tertiary/aromatic N) is 1. The maximum atomic E-state index is 12.2. The molecular formula is C20H21ClN2O5. The number of non-ortho nitro benzene ring substituents is 1. The van der Waals surface area contributed by atoms with Crippen LogP contribution >= 0.6 is 11.6 Å². The fourth-order valence-electron chi connectivity index (χ4n) is 2.39. The number of methoxy groups -OCH3 is 1. The van der Waals surface area contributed by atoms with Gasteiger partial charge in [-0.05, 0) is 50.1 Å². The first-order valence-corrected chi connectivity index (χ1v) is 8.87. The third-order valence-electron chi connectivity index (χ3n) is 3.72. The van der Waals surface area contributed by atoms with Gasteiger partial charge in [0.25, 0.3) is 5.69 Å². The summed E-state index contributed by atoms with van der Waals surface area (Å²) in [5.74, 6) is 0.463. The van der Waals surface area contributed by atoms with E-state index in [2.05, 4.69) is 5.32 Å². The Kier molecular flexibility index (Phi) is 7.00. The molecule has 0 aromatic heterocycles. The number of hydrogen-bond donors (Lipinski definition) is 1. The maximum absolute atomic E-state index is 12.2. The highest BCUT2D eigenvalue weighted by Gasteiger charge is 2.13. The van der Waals surface area contributed by atoms with Crippen LogP contribution in [0.3, 0.4) is 0 Å². The highest BCUT2D eigenvalue weighted by Crippen LogP contribution is 2.37. The van der Waals surface area contributed by atoms with Crippen LogP contribution in [0.1, 0.15) is 25.0 Å². The summed E-state index contributed by atoms with van der Waals surface area (Å²) in [4.78, 5) is 22.6. The van der Waals surface area contributed by atoms with Gasteiger partial charge in [-0.3, -0.25) is 14.9 Å². The first-order chi connectivity index (χ1) is 13.2. The number of nitro benzene ring substituents is 1. The van der Waals surface area contributed by atoms with Crippen molar-refractivity contribution in [2.24, 2.45) is 0 Å². The summed E-state index contributed by atoms with van der Waals surface area (Å²) in [6.45, 7) is 5.51. The van der Waals surface area contributed by atoms with E-state index in [0.717, 1.165) is 0 Å². The van der Waals surface area contributed by atoms with Crippen molar-refractivity contribution in [1.29, 1.82) is 0 Å². The van der Waals surface area contributed by atoms with E-state index in [-0.39, 0.29) is 11.8 Å². The molecule has 0 fully saturated rings. The van der Waals surface area contributed by atoms with Crippen molar-refractivity contribution in [2.45, 2.75) is 26.9 Å². The molecule has 0 radical (unpaired) electrons. The number of nitro groups is 1. The zero-order chi connectivity index (χ0) is 20.8. The molecule has 1 amide bonds. The van der Waals surface area contributed by atoms with Gasteiger partial charge in [-0.15, -0.1) is 0 Å². The lowest BCUT2D eigenvalue weighted by atomic mass is 10.1. The molecule has 0 spiro atoms. The quantitative estimate of drug-likeness (QED) is 0.398. The molecule has 148 valence electrons. The van der Waals surface area contributed by atoms with Crippen molar-refractivity contribution in [3.63, 3.8) is 0 Å². The number of ether oxygens (including phenoxy) is 2. The summed E-state index contributed by atoms with van der Waals surface area (Å²) in [5, 5.41) is 13.9. The number of amides is 1. The summed E-state index contributed by atoms with van der Waals surface area (Å²) < 4.78 is 11.0. The van der Waals surface area contributed by atoms with Crippen molar-refractivity contribution in [2.75, 3.05) is 12.4 Å². The Morgan fingerprint density at radius 1 is 1.29 bits per heavy atom. The molecule has 0 aliphatic carbocycles. The molecule has 2 aromatic rings. The predicted octanol–water partition coefficient (Wildman–Crippen LogP) is 5.00. The van der Waals surface area contributed by atoms with Gasteiger partial charge in [0.1, 0.15) is 0 Å². The lowest BCUT2D eigenvalue weighted by Gasteiger charge is -2.15. The smallest absolute Gasteiger partial charge is 0.271 e. The van der Waals surface area contributed by atoms with E-state index in [0.29, 0.717) is 33.3 Å². The van der Waals surface area contributed by atoms with Crippen LogP contribution in [-0.4, -0.2) is 24.0 Å². The highest BCUT2D eigenvalue weighted by atomic mass is 35.5. The van der Waals surface area contributed by atoms with Crippen LogP contribution in [0, 0.1) is 17.0 Å². The van der Waals surface area contributed by atoms with Gasteiger partial charge in [0.15, 0.2) is 11.5 Å². The van der Waals surface area contributed by atoms with Crippen molar-refractivity contribution in [3.05, 3.63) is 62.7 Å². The Morgan fingerprint density at radius 2 is 2.00 bits per heavy atom. The van der Waals surface area contributed by atoms with Gasteiger partial charge in [0.2, 0.25) is 5.91 Å². The average Bonchev–Trinajstić information content (AvgIpc) is 2.63. The third kappa shape index (κ3) is 5.47. The van der Waals surface area contributed by atoms with Gasteiger partial charge in [-0.25, -0.2) is 0 Å². The van der Waals surface area contributed by atoms with Crippen molar-refractivity contribution in [1.82, 2.24) is 0 Å². The van der Waals surface area contributed by atoms with Gasteiger partial charge in [-0.1, -0.05) is 17.7 Å². The molecule has 2 aromatic carbocycles. The van der Waals surface area contributed by atoms with Crippen LogP contribution in [0.2, 0.25) is 5.02 Å². The zero-order valence-electron chi connectivity index (χ0n) is 16.0. The van der Waals surface area contributed by atoms with Crippen LogP contribution in [0.5, 0.6) is 11.5 Å². The molecule has 28 heavy (non-hydrogen) atoms. The molecular weight excluding hydrogens is 384 g/mol. The summed E-state index contributed by atoms with van der Waals surface area (Å²) in [6, 6.07) is 7.64. The number of halogens is 1. The molecule has 2 rings (SSSR count). The molecule has 1 N–H and O–H groups in total. The molecule has 0 bridgehead atoms. The normalized spacial score (nSPS) is 10.9. The number of benzene rings is 2. The molecule has 0 saturated heterocycles. The Hall–Kier alpha value is -3.06. The van der Waals surface area contributed by atoms with Crippen LogP contribution in [-0.2, 0) is 4.79 Å². The zero-order valence-corrected chi connectivity index (χ0v) is 16.7. The Morgan fingerprint density at radius 3 is 2.61 bits per heavy atom. The van der Waals surface area contributed by atoms with Gasteiger partial charge in [0, 0.05) is 18.2 Å². The van der Waals surface area contributed by atoms with Crippen LogP contribution in [0.4, 0.5) is 11.4 Å². The summed E-state index contributed by atoms with van der Waals surface area (Å²) in [7, 11) is 1.50. The SMILES string of the molecule is COc1cc(/C=C/C(=O)Nc2cc([N+](=O)[O-])ccc2C)cc(Cl)c1OC(C)C. The molecule has 0 aliphatic heterocycles. The van der Waals surface area contributed by atoms with E-state index in [1.54, 1.807) is 31.2 Å². The van der Waals surface area contributed by atoms with Crippen molar-refractivity contribution >= 4 is 35.0 Å². The number of carbonyl (C=O) groups is 1. The fraction of sp³-hybridized carbons (Fsp3) is 0.250. The minimum absolute atomic E-state index is 0.0725. The Balaban J connectivity index is 2.19. The van der Waals surface area contributed by atoms with Crippen molar-refractivity contribution in [3.8, 4) is 11.5 Å². The van der Waals surface area contributed by atoms with E-state index in [1.165, 1.54) is 25.3 Å². The van der Waals surface area contributed by atoms with E-state index in [9.17, 15) is 14.9 Å². The standard InChI is InChI=1S/C20H21ClN2O5/c1-12(2)28-20-16(21)9-14(10-18(20)27-4)6-8-19(24)22-17-11-15(23(25)26)7-5-13(17)3/h5-12H,1-4H3,(H,22,24)/b8-6+. The molecule has 0 unspecified atom stereocenters. The number of anilines is 1. The predicted molar refractivity (Wildman–Crippen MR) is 109 cm³/mol. The number of nitrogens with one attached hydrogen (secondary N) is 1. The molecule has 0 aliphatic rings. The van der Waals surface area contributed by atoms with E-state index < -0.39 is 10.8 Å². The monoisotopic (exact) mass is 404 g/mol. The van der Waals surface area contributed by atoms with E-state index in [1.807, 2.05) is 13.8 Å². The fourth-order valence-corrected chi connectivity index (χ4v) is 2.65. The van der Waals surface area contributed by atoms with Crippen molar-refractivity contribution < 1.29 is 19.2 Å². The lowest BCUT2D eigenvalue weighted by molar-refractivity contribution is -0.384. The summed E-state index contributed by atoms with van der Waals surface area (Å²) in [6.07, 6.45) is 2.80. The van der Waals surface area contributed by atoms with Gasteiger partial charge in [0.05, 0.1) is 28.8 Å². The first-order valence-electron chi connectivity index (χ1n) is 8.49. The molecule has 0 atom stereocenters. The Labute approximate surface area is 168 Å². The topological polar surface area (TPSA) is 90.7 Å². The number of hydrogen-bond acceptors (Lipinski definition) is 5. The second-order valence-electron chi connectivity index (χ2n) is 6.28. The second kappa shape index (κ2) is 9.23. The third-order valence-corrected chi connectivity index (χ3v) is 4.00. The molecule has 8 heteroatoms. The van der Waals surface area contributed by atoms with Gasteiger partial charge >= 0.3 is 0 Å². The average molecular weight is 405 g/mol. The number of carbonyl (C=O) groups excluding carboxylic acids is 1. The van der Waals surface area contributed by atoms with E-state index in [4.69, 9.17) is 21.1 Å². The van der Waals surface area contributed by atoms with Gasteiger partial charge < -0.3 is 14.8 Å². The second-order valence-corrected chi connectivity index (χ2v) is 6.69. The highest BCUT2D eigenvalue weighted by molar-refractivity contribution is 6.32. The Bertz CT molecular complexity index is 925. The molecule has 0 saturated carbocycles. The first kappa shape index (κ1) is 21.2. The number of aryl methyl sites for hydroxylation is 1. The maximum Gasteiger partial charge on any atom is 0.271 e. The van der Waals surface area contributed by atoms with Crippen LogP contribution < -0.4 is 14.8 Å². The van der Waals surface area contributed by atoms with Crippen LogP contribution in [0.15, 0.2) is 36.4 Å². The molecule has 7 nitrogen and oxygen atoms in total. The molecule has 0 heterocycles. The minimum atomic E-state index is -0.514. The largest absolute Gasteiger partial charge is 0.493 e. The summed E-state index contributed by atoms with van der Waals surface area (Å²) >= 11 is 6.27. The van der Waals surface area contributed by atoms with Crippen LogP contribution in [0.25, 0.3) is 6.08 Å². The van der Waals surface area contributed by atoms with E-state index >= 15 is 0 Å². The number of rotatable bonds is 7.